The fraction of sp³-hybridized carbons (Fsp3) is 0.133. The smallest absolute Gasteiger partial charge is 0.138 e. The highest BCUT2D eigenvalue weighted by Gasteiger charge is 2.06. The lowest BCUT2D eigenvalue weighted by molar-refractivity contribution is 0.306. The van der Waals surface area contributed by atoms with Gasteiger partial charge >= 0.3 is 0 Å². The van der Waals surface area contributed by atoms with Gasteiger partial charge in [-0.25, -0.2) is 0 Å². The van der Waals surface area contributed by atoms with E-state index >= 15 is 0 Å². The van der Waals surface area contributed by atoms with E-state index in [1.165, 1.54) is 0 Å². The quantitative estimate of drug-likeness (QED) is 0.658. The molecule has 5 heteroatoms. The predicted octanol–water partition coefficient (Wildman–Crippen LogP) is 4.16. The molecule has 104 valence electrons. The SMILES string of the molecule is Cc1ccc(OCc2ccc(C(=N)N)cc2Cl)c(Cl)c1. The highest BCUT2D eigenvalue weighted by atomic mass is 35.5. The van der Waals surface area contributed by atoms with Crippen LogP contribution in [-0.4, -0.2) is 5.84 Å². The summed E-state index contributed by atoms with van der Waals surface area (Å²) >= 11 is 12.2. The number of rotatable bonds is 4. The fourth-order valence-electron chi connectivity index (χ4n) is 1.71. The molecule has 3 N–H and O–H groups in total. The number of nitrogen functional groups attached to an aromatic ring is 1. The van der Waals surface area contributed by atoms with Crippen molar-refractivity contribution in [3.8, 4) is 5.75 Å². The molecule has 0 spiro atoms. The number of halogens is 2. The molecule has 0 fully saturated rings. The van der Waals surface area contributed by atoms with Crippen LogP contribution in [0, 0.1) is 12.3 Å². The van der Waals surface area contributed by atoms with Gasteiger partial charge in [-0.1, -0.05) is 41.4 Å². The van der Waals surface area contributed by atoms with E-state index in [4.69, 9.17) is 39.1 Å². The summed E-state index contributed by atoms with van der Waals surface area (Å²) in [5, 5.41) is 8.44. The normalized spacial score (nSPS) is 10.3. The van der Waals surface area contributed by atoms with E-state index in [1.54, 1.807) is 18.2 Å². The number of nitrogens with one attached hydrogen (secondary N) is 1. The molecule has 0 aliphatic rings. The second kappa shape index (κ2) is 6.16. The molecule has 0 saturated heterocycles. The number of amidine groups is 1. The third-order valence-corrected chi connectivity index (χ3v) is 3.48. The lowest BCUT2D eigenvalue weighted by Gasteiger charge is -2.10. The first-order valence-electron chi connectivity index (χ1n) is 5.99. The van der Waals surface area contributed by atoms with Gasteiger partial charge in [0, 0.05) is 16.1 Å². The minimum atomic E-state index is -0.0130. The van der Waals surface area contributed by atoms with E-state index in [9.17, 15) is 0 Å². The van der Waals surface area contributed by atoms with Crippen molar-refractivity contribution in [1.82, 2.24) is 0 Å². The maximum Gasteiger partial charge on any atom is 0.138 e. The van der Waals surface area contributed by atoms with Crippen LogP contribution in [0.15, 0.2) is 36.4 Å². The monoisotopic (exact) mass is 308 g/mol. The largest absolute Gasteiger partial charge is 0.487 e. The molecule has 2 rings (SSSR count). The van der Waals surface area contributed by atoms with Crippen molar-refractivity contribution in [1.29, 1.82) is 5.41 Å². The van der Waals surface area contributed by atoms with Crippen molar-refractivity contribution in [3.05, 3.63) is 63.1 Å². The molecule has 0 heterocycles. The van der Waals surface area contributed by atoms with E-state index in [2.05, 4.69) is 0 Å². The predicted molar refractivity (Wildman–Crippen MR) is 83.0 cm³/mol. The number of ether oxygens (including phenoxy) is 1. The Balaban J connectivity index is 2.13. The fourth-order valence-corrected chi connectivity index (χ4v) is 2.24. The Bertz CT molecular complexity index is 656. The van der Waals surface area contributed by atoms with Gasteiger partial charge in [-0.15, -0.1) is 0 Å². The van der Waals surface area contributed by atoms with Crippen LogP contribution in [-0.2, 0) is 6.61 Å². The lowest BCUT2D eigenvalue weighted by atomic mass is 10.1. The van der Waals surface area contributed by atoms with E-state index in [-0.39, 0.29) is 5.84 Å². The highest BCUT2D eigenvalue weighted by Crippen LogP contribution is 2.27. The third-order valence-electron chi connectivity index (χ3n) is 2.83. The first kappa shape index (κ1) is 14.7. The average Bonchev–Trinajstić information content (AvgIpc) is 2.38. The molecule has 0 aliphatic heterocycles. The Kier molecular flexibility index (Phi) is 4.53. The van der Waals surface area contributed by atoms with Crippen LogP contribution in [0.3, 0.4) is 0 Å². The zero-order chi connectivity index (χ0) is 14.7. The van der Waals surface area contributed by atoms with Gasteiger partial charge in [0.15, 0.2) is 0 Å². The Hall–Kier alpha value is -1.71. The number of benzene rings is 2. The minimum Gasteiger partial charge on any atom is -0.487 e. The maximum atomic E-state index is 7.36. The molecular formula is C15H14Cl2N2O. The van der Waals surface area contributed by atoms with Crippen molar-refractivity contribution in [3.63, 3.8) is 0 Å². The molecule has 0 aliphatic carbocycles. The summed E-state index contributed by atoms with van der Waals surface area (Å²) in [6, 6.07) is 10.8. The Morgan fingerprint density at radius 1 is 1.15 bits per heavy atom. The van der Waals surface area contributed by atoms with Crippen molar-refractivity contribution in [2.24, 2.45) is 5.73 Å². The standard InChI is InChI=1S/C15H14Cl2N2O/c1-9-2-5-14(13(17)6-9)20-8-11-4-3-10(15(18)19)7-12(11)16/h2-7H,8H2,1H3,(H3,18,19). The van der Waals surface area contributed by atoms with Crippen molar-refractivity contribution >= 4 is 29.0 Å². The number of nitrogens with two attached hydrogens (primary N) is 1. The Morgan fingerprint density at radius 2 is 1.90 bits per heavy atom. The molecule has 0 bridgehead atoms. The number of aryl methyl sites for hydroxylation is 1. The van der Waals surface area contributed by atoms with Gasteiger partial charge in [0.05, 0.1) is 5.02 Å². The molecule has 2 aromatic carbocycles. The molecule has 20 heavy (non-hydrogen) atoms. The van der Waals surface area contributed by atoms with Crippen LogP contribution in [0.5, 0.6) is 5.75 Å². The average molecular weight is 309 g/mol. The molecule has 3 nitrogen and oxygen atoms in total. The number of hydrogen-bond acceptors (Lipinski definition) is 2. The van der Waals surface area contributed by atoms with Crippen LogP contribution in [0.2, 0.25) is 10.0 Å². The molecule has 0 unspecified atom stereocenters. The zero-order valence-electron chi connectivity index (χ0n) is 10.9. The molecule has 0 radical (unpaired) electrons. The summed E-state index contributed by atoms with van der Waals surface area (Å²) in [5.74, 6) is 0.602. The second-order valence-electron chi connectivity index (χ2n) is 4.44. The van der Waals surface area contributed by atoms with Crippen molar-refractivity contribution in [2.75, 3.05) is 0 Å². The molecule has 0 aromatic heterocycles. The van der Waals surface area contributed by atoms with Gasteiger partial charge < -0.3 is 10.5 Å². The first-order chi connectivity index (χ1) is 9.47. The third kappa shape index (κ3) is 3.44. The van der Waals surface area contributed by atoms with Crippen LogP contribution in [0.4, 0.5) is 0 Å². The lowest BCUT2D eigenvalue weighted by Crippen LogP contribution is -2.11. The highest BCUT2D eigenvalue weighted by molar-refractivity contribution is 6.32. The van der Waals surface area contributed by atoms with E-state index in [0.717, 1.165) is 11.1 Å². The van der Waals surface area contributed by atoms with Gasteiger partial charge in [0.2, 0.25) is 0 Å². The summed E-state index contributed by atoms with van der Waals surface area (Å²) in [7, 11) is 0. The van der Waals surface area contributed by atoms with Gasteiger partial charge in [0.25, 0.3) is 0 Å². The van der Waals surface area contributed by atoms with Gasteiger partial charge in [-0.3, -0.25) is 5.41 Å². The summed E-state index contributed by atoms with van der Waals surface area (Å²) < 4.78 is 5.66. The summed E-state index contributed by atoms with van der Waals surface area (Å²) in [6.45, 7) is 2.27. The summed E-state index contributed by atoms with van der Waals surface area (Å²) in [5.41, 5.74) is 7.89. The Labute approximate surface area is 127 Å². The van der Waals surface area contributed by atoms with Gasteiger partial charge in [-0.05, 0) is 30.7 Å². The topological polar surface area (TPSA) is 59.1 Å². The van der Waals surface area contributed by atoms with E-state index < -0.39 is 0 Å². The van der Waals surface area contributed by atoms with Gasteiger partial charge in [0.1, 0.15) is 18.2 Å². The van der Waals surface area contributed by atoms with Crippen LogP contribution in [0.25, 0.3) is 0 Å². The zero-order valence-corrected chi connectivity index (χ0v) is 12.4. The minimum absolute atomic E-state index is 0.0130. The molecular weight excluding hydrogens is 295 g/mol. The van der Waals surface area contributed by atoms with Crippen LogP contribution >= 0.6 is 23.2 Å². The molecule has 0 atom stereocenters. The summed E-state index contributed by atoms with van der Waals surface area (Å²) in [6.07, 6.45) is 0. The molecule has 2 aromatic rings. The molecule has 0 saturated carbocycles. The van der Waals surface area contributed by atoms with Crippen molar-refractivity contribution < 1.29 is 4.74 Å². The summed E-state index contributed by atoms with van der Waals surface area (Å²) in [4.78, 5) is 0. The first-order valence-corrected chi connectivity index (χ1v) is 6.74. The number of hydrogen-bond donors (Lipinski definition) is 2. The Morgan fingerprint density at radius 3 is 2.50 bits per heavy atom. The van der Waals surface area contributed by atoms with Gasteiger partial charge in [-0.2, -0.15) is 0 Å². The molecule has 0 amide bonds. The van der Waals surface area contributed by atoms with Crippen molar-refractivity contribution in [2.45, 2.75) is 13.5 Å². The van der Waals surface area contributed by atoms with E-state index in [0.29, 0.717) is 28.0 Å². The van der Waals surface area contributed by atoms with Crippen LogP contribution in [0.1, 0.15) is 16.7 Å². The van der Waals surface area contributed by atoms with E-state index in [1.807, 2.05) is 25.1 Å². The maximum absolute atomic E-state index is 7.36. The van der Waals surface area contributed by atoms with Crippen LogP contribution < -0.4 is 10.5 Å². The second-order valence-corrected chi connectivity index (χ2v) is 5.26.